The molecule has 2 rings (SSSR count). The van der Waals surface area contributed by atoms with Crippen LogP contribution in [-0.2, 0) is 19.1 Å². The zero-order valence-corrected chi connectivity index (χ0v) is 23.1. The Bertz CT molecular complexity index is 1140. The number of benzene rings is 2. The van der Waals surface area contributed by atoms with Crippen LogP contribution < -0.4 is 21.1 Å². The first kappa shape index (κ1) is 30.1. The van der Waals surface area contributed by atoms with E-state index in [0.29, 0.717) is 17.0 Å². The number of carbonyl (C=O) groups excluding carboxylic acids is 4. The zero-order valence-electron chi connectivity index (χ0n) is 23.1. The summed E-state index contributed by atoms with van der Waals surface area (Å²) >= 11 is 0. The van der Waals surface area contributed by atoms with Crippen LogP contribution in [0.4, 0.5) is 10.5 Å². The van der Waals surface area contributed by atoms with Crippen LogP contribution in [0.15, 0.2) is 42.5 Å². The van der Waals surface area contributed by atoms with E-state index in [0.717, 1.165) is 11.1 Å². The maximum Gasteiger partial charge on any atom is 0.408 e. The lowest BCUT2D eigenvalue weighted by Gasteiger charge is -2.33. The quantitative estimate of drug-likeness (QED) is 0.432. The van der Waals surface area contributed by atoms with E-state index in [1.807, 2.05) is 32.0 Å². The predicted molar refractivity (Wildman–Crippen MR) is 145 cm³/mol. The first-order chi connectivity index (χ1) is 17.7. The summed E-state index contributed by atoms with van der Waals surface area (Å²) < 4.78 is 10.5. The van der Waals surface area contributed by atoms with Crippen molar-refractivity contribution in [2.24, 2.45) is 5.73 Å². The van der Waals surface area contributed by atoms with Gasteiger partial charge in [-0.1, -0.05) is 18.2 Å². The Morgan fingerprint density at radius 1 is 1.00 bits per heavy atom. The Morgan fingerprint density at radius 3 is 2.08 bits per heavy atom. The van der Waals surface area contributed by atoms with Crippen molar-refractivity contribution >= 4 is 29.5 Å². The summed E-state index contributed by atoms with van der Waals surface area (Å²) in [5.74, 6) is -1.02. The number of methoxy groups -OCH3 is 1. The Morgan fingerprint density at radius 2 is 1.58 bits per heavy atom. The summed E-state index contributed by atoms with van der Waals surface area (Å²) in [7, 11) is 3.03. The number of alkyl carbamates (subject to hydrolysis) is 1. The van der Waals surface area contributed by atoms with Gasteiger partial charge in [0, 0.05) is 19.2 Å². The van der Waals surface area contributed by atoms with Gasteiger partial charge in [-0.15, -0.1) is 0 Å². The number of amides is 4. The van der Waals surface area contributed by atoms with Gasteiger partial charge in [-0.3, -0.25) is 14.4 Å². The van der Waals surface area contributed by atoms with Crippen LogP contribution in [0.2, 0.25) is 0 Å². The van der Waals surface area contributed by atoms with Gasteiger partial charge in [0.1, 0.15) is 23.4 Å². The lowest BCUT2D eigenvalue weighted by Crippen LogP contribution is -2.51. The van der Waals surface area contributed by atoms with Crippen LogP contribution in [0.1, 0.15) is 56.3 Å². The summed E-state index contributed by atoms with van der Waals surface area (Å²) in [4.78, 5) is 52.7. The third kappa shape index (κ3) is 8.50. The van der Waals surface area contributed by atoms with E-state index in [4.69, 9.17) is 15.2 Å². The SMILES string of the molecule is COc1ccc(NC(=O)C(c2c(C)cccc2C)N(C)C(=O)C(CCC(N)=O)NC(=O)OC(C)(C)C)cc1. The molecule has 0 aliphatic heterocycles. The van der Waals surface area contributed by atoms with Crippen molar-refractivity contribution in [2.75, 3.05) is 19.5 Å². The fourth-order valence-corrected chi connectivity index (χ4v) is 4.01. The number of rotatable bonds is 10. The molecule has 2 aromatic rings. The van der Waals surface area contributed by atoms with Crippen LogP contribution in [0.3, 0.4) is 0 Å². The van der Waals surface area contributed by atoms with Crippen LogP contribution >= 0.6 is 0 Å². The molecular weight excluding hydrogens is 488 g/mol. The molecule has 0 spiro atoms. The number of carbonyl (C=O) groups is 4. The average molecular weight is 527 g/mol. The molecule has 38 heavy (non-hydrogen) atoms. The molecule has 2 aromatic carbocycles. The van der Waals surface area contributed by atoms with Crippen molar-refractivity contribution in [1.29, 1.82) is 0 Å². The minimum Gasteiger partial charge on any atom is -0.497 e. The summed E-state index contributed by atoms with van der Waals surface area (Å²) in [6.07, 6.45) is -1.02. The normalized spacial score (nSPS) is 12.6. The number of primary amides is 1. The van der Waals surface area contributed by atoms with E-state index in [-0.39, 0.29) is 12.8 Å². The van der Waals surface area contributed by atoms with Gasteiger partial charge >= 0.3 is 6.09 Å². The molecule has 0 aliphatic carbocycles. The highest BCUT2D eigenvalue weighted by Gasteiger charge is 2.35. The maximum absolute atomic E-state index is 13.7. The fourth-order valence-electron chi connectivity index (χ4n) is 4.01. The summed E-state index contributed by atoms with van der Waals surface area (Å²) in [6, 6.07) is 10.2. The van der Waals surface area contributed by atoms with Gasteiger partial charge in [0.05, 0.1) is 7.11 Å². The summed E-state index contributed by atoms with van der Waals surface area (Å²) in [6.45, 7) is 8.80. The molecule has 0 radical (unpaired) electrons. The number of aryl methyl sites for hydroxylation is 2. The third-order valence-electron chi connectivity index (χ3n) is 5.82. The second kappa shape index (κ2) is 12.9. The molecule has 2 atom stereocenters. The number of hydrogen-bond donors (Lipinski definition) is 3. The molecule has 4 N–H and O–H groups in total. The predicted octanol–water partition coefficient (Wildman–Crippen LogP) is 3.61. The fraction of sp³-hybridized carbons (Fsp3) is 0.429. The minimum atomic E-state index is -1.15. The Labute approximate surface area is 223 Å². The molecule has 2 unspecified atom stereocenters. The Hall–Kier alpha value is -4.08. The topological polar surface area (TPSA) is 140 Å². The van der Waals surface area contributed by atoms with Crippen molar-refractivity contribution in [3.8, 4) is 5.75 Å². The molecule has 0 heterocycles. The molecule has 0 aromatic heterocycles. The van der Waals surface area contributed by atoms with Crippen LogP contribution in [0, 0.1) is 13.8 Å². The molecule has 206 valence electrons. The monoisotopic (exact) mass is 526 g/mol. The van der Waals surface area contributed by atoms with Gasteiger partial charge in [0.15, 0.2) is 0 Å². The lowest BCUT2D eigenvalue weighted by molar-refractivity contribution is -0.139. The van der Waals surface area contributed by atoms with E-state index < -0.39 is 41.5 Å². The molecule has 10 heteroatoms. The van der Waals surface area contributed by atoms with Crippen molar-refractivity contribution < 1.29 is 28.7 Å². The van der Waals surface area contributed by atoms with E-state index in [9.17, 15) is 19.2 Å². The highest BCUT2D eigenvalue weighted by molar-refractivity contribution is 5.99. The van der Waals surface area contributed by atoms with Crippen LogP contribution in [0.25, 0.3) is 0 Å². The zero-order chi connectivity index (χ0) is 28.6. The van der Waals surface area contributed by atoms with Gasteiger partial charge < -0.3 is 30.7 Å². The van der Waals surface area contributed by atoms with Crippen molar-refractivity contribution in [2.45, 2.75) is 65.1 Å². The summed E-state index contributed by atoms with van der Waals surface area (Å²) in [5, 5.41) is 5.41. The molecule has 0 saturated carbocycles. The molecule has 0 aliphatic rings. The average Bonchev–Trinajstić information content (AvgIpc) is 2.82. The molecule has 4 amide bonds. The van der Waals surface area contributed by atoms with Gasteiger partial charge in [-0.05, 0) is 82.0 Å². The molecule has 10 nitrogen and oxygen atoms in total. The van der Waals surface area contributed by atoms with Crippen LogP contribution in [0.5, 0.6) is 5.75 Å². The smallest absolute Gasteiger partial charge is 0.408 e. The number of anilines is 1. The standard InChI is InChI=1S/C28H38N4O6/c1-17-9-8-10-18(2)23(17)24(25(34)30-19-11-13-20(37-7)14-12-19)32(6)26(35)21(15-16-22(29)33)31-27(36)38-28(3,4)5/h8-14,21,24H,15-16H2,1-7H3,(H2,29,33)(H,30,34)(H,31,36). The number of likely N-dealkylation sites (N-methyl/N-ethyl adjacent to an activating group) is 1. The second-order valence-corrected chi connectivity index (χ2v) is 10.1. The van der Waals surface area contributed by atoms with Gasteiger partial charge in [-0.25, -0.2) is 4.79 Å². The molecule has 0 bridgehead atoms. The lowest BCUT2D eigenvalue weighted by atomic mass is 9.93. The largest absolute Gasteiger partial charge is 0.497 e. The first-order valence-electron chi connectivity index (χ1n) is 12.3. The number of nitrogens with two attached hydrogens (primary N) is 1. The number of hydrogen-bond acceptors (Lipinski definition) is 6. The van der Waals surface area contributed by atoms with Gasteiger partial charge in [0.25, 0.3) is 5.91 Å². The van der Waals surface area contributed by atoms with Crippen molar-refractivity contribution in [3.63, 3.8) is 0 Å². The second-order valence-electron chi connectivity index (χ2n) is 10.1. The van der Waals surface area contributed by atoms with Crippen LogP contribution in [-0.4, -0.2) is 54.5 Å². The van der Waals surface area contributed by atoms with Crippen molar-refractivity contribution in [1.82, 2.24) is 10.2 Å². The van der Waals surface area contributed by atoms with E-state index in [1.54, 1.807) is 52.1 Å². The summed E-state index contributed by atoms with van der Waals surface area (Å²) in [5.41, 5.74) is 7.31. The highest BCUT2D eigenvalue weighted by Crippen LogP contribution is 2.29. The molecular formula is C28H38N4O6. The third-order valence-corrected chi connectivity index (χ3v) is 5.82. The highest BCUT2D eigenvalue weighted by atomic mass is 16.6. The van der Waals surface area contributed by atoms with Gasteiger partial charge in [0.2, 0.25) is 11.8 Å². The minimum absolute atomic E-state index is 0.0582. The van der Waals surface area contributed by atoms with E-state index in [2.05, 4.69) is 10.6 Å². The Balaban J connectivity index is 2.44. The number of ether oxygens (including phenoxy) is 2. The molecule has 0 fully saturated rings. The van der Waals surface area contributed by atoms with Gasteiger partial charge in [-0.2, -0.15) is 0 Å². The maximum atomic E-state index is 13.7. The number of nitrogens with one attached hydrogen (secondary N) is 2. The van der Waals surface area contributed by atoms with Crippen molar-refractivity contribution in [3.05, 3.63) is 59.2 Å². The van der Waals surface area contributed by atoms with E-state index >= 15 is 0 Å². The first-order valence-corrected chi connectivity index (χ1v) is 12.3. The Kier molecular flexibility index (Phi) is 10.3. The van der Waals surface area contributed by atoms with E-state index in [1.165, 1.54) is 11.9 Å². The molecule has 0 saturated heterocycles. The number of nitrogens with zero attached hydrogens (tertiary/aromatic N) is 1.